The number of allylic oxidation sites excluding steroid dienone is 1. The molecule has 2 heteroatoms. The molecule has 2 aromatic rings. The molecule has 1 saturated carbocycles. The van der Waals surface area contributed by atoms with Crippen molar-refractivity contribution < 1.29 is 8.78 Å². The molecule has 0 nitrogen and oxygen atoms in total. The van der Waals surface area contributed by atoms with E-state index in [1.807, 2.05) is 6.08 Å². The lowest BCUT2D eigenvalue weighted by molar-refractivity contribution is 0.304. The van der Waals surface area contributed by atoms with Crippen LogP contribution in [-0.4, -0.2) is 0 Å². The smallest absolute Gasteiger partial charge is 0.129 e. The van der Waals surface area contributed by atoms with Gasteiger partial charge in [0.15, 0.2) is 0 Å². The molecule has 0 aliphatic heterocycles. The number of fused-ring (bicyclic) bond motifs is 1. The van der Waals surface area contributed by atoms with Crippen LogP contribution in [0.2, 0.25) is 0 Å². The second-order valence-corrected chi connectivity index (χ2v) is 8.61. The summed E-state index contributed by atoms with van der Waals surface area (Å²) in [6.45, 7) is 2.28. The minimum atomic E-state index is -0.501. The average Bonchev–Trinajstić information content (AvgIpc) is 2.72. The SMILES string of the molecule is CCCCC1CCC(c2ccc(C3=Cc4cc(F)cc(F)c4CC3)cc2)CC1. The maximum absolute atomic E-state index is 13.9. The largest absolute Gasteiger partial charge is 0.207 e. The Morgan fingerprint density at radius 1 is 0.929 bits per heavy atom. The van der Waals surface area contributed by atoms with Gasteiger partial charge in [0.25, 0.3) is 0 Å². The second kappa shape index (κ2) is 8.59. The summed E-state index contributed by atoms with van der Waals surface area (Å²) in [6.07, 6.45) is 12.8. The molecule has 2 aromatic carbocycles. The van der Waals surface area contributed by atoms with Gasteiger partial charge in [-0.05, 0) is 84.3 Å². The van der Waals surface area contributed by atoms with Gasteiger partial charge < -0.3 is 0 Å². The average molecular weight is 381 g/mol. The molecule has 0 N–H and O–H groups in total. The van der Waals surface area contributed by atoms with E-state index in [1.165, 1.54) is 67.7 Å². The van der Waals surface area contributed by atoms with E-state index in [0.717, 1.165) is 18.4 Å². The van der Waals surface area contributed by atoms with Crippen molar-refractivity contribution in [3.8, 4) is 0 Å². The Bertz CT molecular complexity index is 839. The van der Waals surface area contributed by atoms with Crippen LogP contribution in [0.3, 0.4) is 0 Å². The van der Waals surface area contributed by atoms with E-state index >= 15 is 0 Å². The van der Waals surface area contributed by atoms with E-state index in [-0.39, 0.29) is 0 Å². The van der Waals surface area contributed by atoms with Crippen LogP contribution in [0, 0.1) is 17.6 Å². The van der Waals surface area contributed by atoms with Gasteiger partial charge >= 0.3 is 0 Å². The van der Waals surface area contributed by atoms with Gasteiger partial charge in [0.1, 0.15) is 11.6 Å². The molecule has 0 unspecified atom stereocenters. The lowest BCUT2D eigenvalue weighted by Gasteiger charge is -2.29. The fraction of sp³-hybridized carbons (Fsp3) is 0.462. The lowest BCUT2D eigenvalue weighted by Crippen LogP contribution is -2.13. The Labute approximate surface area is 167 Å². The van der Waals surface area contributed by atoms with Crippen LogP contribution in [0.25, 0.3) is 11.6 Å². The zero-order chi connectivity index (χ0) is 19.5. The highest BCUT2D eigenvalue weighted by molar-refractivity contribution is 5.84. The van der Waals surface area contributed by atoms with Crippen molar-refractivity contribution >= 4 is 11.6 Å². The zero-order valence-electron chi connectivity index (χ0n) is 16.8. The van der Waals surface area contributed by atoms with Crippen molar-refractivity contribution in [1.82, 2.24) is 0 Å². The fourth-order valence-electron chi connectivity index (χ4n) is 5.01. The monoisotopic (exact) mass is 380 g/mol. The lowest BCUT2D eigenvalue weighted by atomic mass is 9.77. The van der Waals surface area contributed by atoms with Crippen LogP contribution >= 0.6 is 0 Å². The molecule has 0 aromatic heterocycles. The number of rotatable bonds is 5. The number of hydrogen-bond donors (Lipinski definition) is 0. The Hall–Kier alpha value is -1.96. The highest BCUT2D eigenvalue weighted by Crippen LogP contribution is 2.38. The highest BCUT2D eigenvalue weighted by atomic mass is 19.1. The first-order valence-electron chi connectivity index (χ1n) is 10.9. The first-order valence-corrected chi connectivity index (χ1v) is 10.9. The highest BCUT2D eigenvalue weighted by Gasteiger charge is 2.22. The molecule has 2 aliphatic carbocycles. The fourth-order valence-corrected chi connectivity index (χ4v) is 5.01. The summed E-state index contributed by atoms with van der Waals surface area (Å²) in [5, 5.41) is 0. The quantitative estimate of drug-likeness (QED) is 0.494. The molecule has 0 atom stereocenters. The predicted molar refractivity (Wildman–Crippen MR) is 113 cm³/mol. The summed E-state index contributed by atoms with van der Waals surface area (Å²) in [7, 11) is 0. The van der Waals surface area contributed by atoms with E-state index < -0.39 is 11.6 Å². The summed E-state index contributed by atoms with van der Waals surface area (Å²) < 4.78 is 27.5. The van der Waals surface area contributed by atoms with Crippen LogP contribution in [0.4, 0.5) is 8.78 Å². The normalized spacial score (nSPS) is 21.9. The first kappa shape index (κ1) is 19.4. The standard InChI is InChI=1S/C26H30F2/c1-2-3-4-18-5-7-19(8-6-18)20-9-11-21(12-10-20)22-13-14-25-23(15-22)16-24(27)17-26(25)28/h9-12,15-19H,2-8,13-14H2,1H3. The summed E-state index contributed by atoms with van der Waals surface area (Å²) in [4.78, 5) is 0. The third kappa shape index (κ3) is 4.21. The zero-order valence-corrected chi connectivity index (χ0v) is 16.8. The third-order valence-corrected chi connectivity index (χ3v) is 6.73. The summed E-state index contributed by atoms with van der Waals surface area (Å²) in [5.74, 6) is 0.703. The van der Waals surface area contributed by atoms with Gasteiger partial charge in [-0.25, -0.2) is 8.78 Å². The maximum Gasteiger partial charge on any atom is 0.129 e. The molecule has 0 amide bonds. The molecule has 2 aliphatic rings. The maximum atomic E-state index is 13.9. The minimum Gasteiger partial charge on any atom is -0.207 e. The van der Waals surface area contributed by atoms with Crippen LogP contribution in [0.1, 0.15) is 86.5 Å². The molecular weight excluding hydrogens is 350 g/mol. The molecule has 0 saturated heterocycles. The van der Waals surface area contributed by atoms with Gasteiger partial charge in [0.05, 0.1) is 0 Å². The molecular formula is C26H30F2. The van der Waals surface area contributed by atoms with Crippen molar-refractivity contribution in [3.05, 3.63) is 70.3 Å². The van der Waals surface area contributed by atoms with Crippen molar-refractivity contribution in [2.45, 2.75) is 70.6 Å². The van der Waals surface area contributed by atoms with Gasteiger partial charge in [-0.1, -0.05) is 56.5 Å². The molecule has 0 bridgehead atoms. The van der Waals surface area contributed by atoms with Crippen LogP contribution < -0.4 is 0 Å². The minimum absolute atomic E-state index is 0.421. The molecule has 0 spiro atoms. The van der Waals surface area contributed by atoms with Gasteiger partial charge in [-0.15, -0.1) is 0 Å². The van der Waals surface area contributed by atoms with Gasteiger partial charge in [0, 0.05) is 6.07 Å². The van der Waals surface area contributed by atoms with Crippen LogP contribution in [0.5, 0.6) is 0 Å². The van der Waals surface area contributed by atoms with Crippen molar-refractivity contribution in [2.24, 2.45) is 5.92 Å². The Morgan fingerprint density at radius 3 is 2.39 bits per heavy atom. The van der Waals surface area contributed by atoms with E-state index in [2.05, 4.69) is 31.2 Å². The van der Waals surface area contributed by atoms with Crippen LogP contribution in [0.15, 0.2) is 36.4 Å². The predicted octanol–water partition coefficient (Wildman–Crippen LogP) is 7.92. The number of unbranched alkanes of at least 4 members (excludes halogenated alkanes) is 1. The Morgan fingerprint density at radius 2 is 1.68 bits per heavy atom. The molecule has 0 radical (unpaired) electrons. The van der Waals surface area contributed by atoms with Gasteiger partial charge in [-0.3, -0.25) is 0 Å². The van der Waals surface area contributed by atoms with E-state index in [4.69, 9.17) is 0 Å². The van der Waals surface area contributed by atoms with Crippen LogP contribution in [-0.2, 0) is 6.42 Å². The van der Waals surface area contributed by atoms with Gasteiger partial charge in [0.2, 0.25) is 0 Å². The first-order chi connectivity index (χ1) is 13.6. The summed E-state index contributed by atoms with van der Waals surface area (Å²) >= 11 is 0. The molecule has 28 heavy (non-hydrogen) atoms. The molecule has 4 rings (SSSR count). The van der Waals surface area contributed by atoms with Gasteiger partial charge in [-0.2, -0.15) is 0 Å². The van der Waals surface area contributed by atoms with Crippen molar-refractivity contribution in [1.29, 1.82) is 0 Å². The second-order valence-electron chi connectivity index (χ2n) is 8.61. The molecule has 148 valence electrons. The van der Waals surface area contributed by atoms with E-state index in [9.17, 15) is 8.78 Å². The number of halogens is 2. The van der Waals surface area contributed by atoms with E-state index in [0.29, 0.717) is 23.5 Å². The van der Waals surface area contributed by atoms with Crippen molar-refractivity contribution in [2.75, 3.05) is 0 Å². The third-order valence-electron chi connectivity index (χ3n) is 6.73. The molecule has 0 heterocycles. The number of hydrogen-bond acceptors (Lipinski definition) is 0. The summed E-state index contributed by atoms with van der Waals surface area (Å²) in [6, 6.07) is 11.4. The van der Waals surface area contributed by atoms with Crippen molar-refractivity contribution in [3.63, 3.8) is 0 Å². The summed E-state index contributed by atoms with van der Waals surface area (Å²) in [5.41, 5.74) is 5.13. The Balaban J connectivity index is 1.45. The number of benzene rings is 2. The van der Waals surface area contributed by atoms with E-state index in [1.54, 1.807) is 0 Å². The topological polar surface area (TPSA) is 0 Å². The molecule has 1 fully saturated rings. The Kier molecular flexibility index (Phi) is 5.94.